The van der Waals surface area contributed by atoms with Crippen LogP contribution >= 0.6 is 11.8 Å². The highest BCUT2D eigenvalue weighted by Gasteiger charge is 2.18. The number of carbonyl (C=O) groups excluding carboxylic acids is 1. The van der Waals surface area contributed by atoms with Crippen molar-refractivity contribution in [2.24, 2.45) is 0 Å². The molecule has 8 nitrogen and oxygen atoms in total. The summed E-state index contributed by atoms with van der Waals surface area (Å²) in [5.41, 5.74) is 1.30. The van der Waals surface area contributed by atoms with Crippen molar-refractivity contribution in [3.63, 3.8) is 0 Å². The lowest BCUT2D eigenvalue weighted by Crippen LogP contribution is -2.47. The van der Waals surface area contributed by atoms with Gasteiger partial charge >= 0.3 is 0 Å². The minimum atomic E-state index is 0.0223. The number of piperazine rings is 1. The van der Waals surface area contributed by atoms with Crippen LogP contribution in [0.5, 0.6) is 0 Å². The van der Waals surface area contributed by atoms with Crippen LogP contribution in [0.1, 0.15) is 13.3 Å². The molecule has 0 radical (unpaired) electrons. The number of hydrogen-bond donors (Lipinski definition) is 1. The van der Waals surface area contributed by atoms with Crippen molar-refractivity contribution >= 4 is 23.4 Å². The second-order valence-corrected chi connectivity index (χ2v) is 8.63. The number of amides is 1. The average molecular weight is 455 g/mol. The fraction of sp³-hybridized carbons (Fsp3) is 0.435. The largest absolute Gasteiger partial charge is 0.461 e. The third kappa shape index (κ3) is 5.72. The van der Waals surface area contributed by atoms with Crippen LogP contribution in [0.3, 0.4) is 0 Å². The lowest BCUT2D eigenvalue weighted by molar-refractivity contribution is -0.118. The van der Waals surface area contributed by atoms with Gasteiger partial charge in [-0.15, -0.1) is 10.2 Å². The molecule has 1 N–H and O–H groups in total. The molecule has 0 spiro atoms. The summed E-state index contributed by atoms with van der Waals surface area (Å²) in [6, 6.07) is 14.3. The van der Waals surface area contributed by atoms with Crippen LogP contribution in [0.4, 0.5) is 5.69 Å². The van der Waals surface area contributed by atoms with Gasteiger partial charge in [-0.25, -0.2) is 0 Å². The SMILES string of the molecule is CCn1c(SCC(=O)NCCCN2CCN(c3ccccc3)CC2)nnc1-c1ccco1. The Balaban J connectivity index is 1.13. The molecule has 1 aliphatic heterocycles. The van der Waals surface area contributed by atoms with Crippen molar-refractivity contribution in [2.45, 2.75) is 25.0 Å². The number of rotatable bonds is 10. The Morgan fingerprint density at radius 2 is 1.91 bits per heavy atom. The van der Waals surface area contributed by atoms with Gasteiger partial charge in [0.15, 0.2) is 16.7 Å². The van der Waals surface area contributed by atoms with Gasteiger partial charge in [-0.3, -0.25) is 14.3 Å². The van der Waals surface area contributed by atoms with Gasteiger partial charge in [0.2, 0.25) is 5.91 Å². The highest BCUT2D eigenvalue weighted by Crippen LogP contribution is 2.24. The summed E-state index contributed by atoms with van der Waals surface area (Å²) in [7, 11) is 0. The summed E-state index contributed by atoms with van der Waals surface area (Å²) in [6.45, 7) is 8.65. The molecule has 0 saturated carbocycles. The number of hydrogen-bond acceptors (Lipinski definition) is 7. The summed E-state index contributed by atoms with van der Waals surface area (Å²) in [5, 5.41) is 12.2. The number of benzene rings is 1. The molecule has 0 aliphatic carbocycles. The standard InChI is InChI=1S/C23H30N6O2S/c1-2-29-22(20-10-6-17-31-20)25-26-23(29)32-18-21(30)24-11-7-12-27-13-15-28(16-14-27)19-8-4-3-5-9-19/h3-6,8-10,17H,2,7,11-16,18H2,1H3,(H,24,30). The summed E-state index contributed by atoms with van der Waals surface area (Å²) >= 11 is 1.40. The Bertz CT molecular complexity index is 968. The molecule has 1 fully saturated rings. The number of carbonyl (C=O) groups is 1. The predicted octanol–water partition coefficient (Wildman–Crippen LogP) is 2.98. The minimum absolute atomic E-state index is 0.0223. The van der Waals surface area contributed by atoms with Gasteiger partial charge in [0.05, 0.1) is 12.0 Å². The summed E-state index contributed by atoms with van der Waals surface area (Å²) in [4.78, 5) is 17.2. The molecule has 9 heteroatoms. The van der Waals surface area contributed by atoms with Crippen LogP contribution < -0.4 is 10.2 Å². The molecule has 3 aromatic rings. The second kappa shape index (κ2) is 11.2. The van der Waals surface area contributed by atoms with E-state index < -0.39 is 0 Å². The highest BCUT2D eigenvalue weighted by atomic mass is 32.2. The van der Waals surface area contributed by atoms with Crippen molar-refractivity contribution < 1.29 is 9.21 Å². The van der Waals surface area contributed by atoms with E-state index in [0.717, 1.165) is 44.3 Å². The van der Waals surface area contributed by atoms with Crippen LogP contribution in [-0.4, -0.2) is 70.6 Å². The third-order valence-electron chi connectivity index (χ3n) is 5.57. The van der Waals surface area contributed by atoms with E-state index in [9.17, 15) is 4.79 Å². The molecule has 0 bridgehead atoms. The Labute approximate surface area is 193 Å². The molecule has 170 valence electrons. The van der Waals surface area contributed by atoms with Gasteiger partial charge in [0.25, 0.3) is 0 Å². The molecule has 2 aromatic heterocycles. The molecule has 32 heavy (non-hydrogen) atoms. The van der Waals surface area contributed by atoms with Crippen molar-refractivity contribution in [1.29, 1.82) is 0 Å². The van der Waals surface area contributed by atoms with Crippen LogP contribution in [0.15, 0.2) is 58.3 Å². The number of para-hydroxylation sites is 1. The van der Waals surface area contributed by atoms with Crippen molar-refractivity contribution in [1.82, 2.24) is 25.0 Å². The van der Waals surface area contributed by atoms with E-state index in [4.69, 9.17) is 4.42 Å². The maximum atomic E-state index is 12.3. The number of aromatic nitrogens is 3. The van der Waals surface area contributed by atoms with E-state index in [-0.39, 0.29) is 5.91 Å². The second-order valence-electron chi connectivity index (χ2n) is 7.68. The van der Waals surface area contributed by atoms with Gasteiger partial charge < -0.3 is 14.6 Å². The van der Waals surface area contributed by atoms with E-state index >= 15 is 0 Å². The van der Waals surface area contributed by atoms with Crippen LogP contribution in [0, 0.1) is 0 Å². The third-order valence-corrected chi connectivity index (χ3v) is 6.54. The van der Waals surface area contributed by atoms with E-state index in [1.807, 2.05) is 23.6 Å². The first kappa shape index (κ1) is 22.4. The first-order chi connectivity index (χ1) is 15.7. The predicted molar refractivity (Wildman–Crippen MR) is 127 cm³/mol. The highest BCUT2D eigenvalue weighted by molar-refractivity contribution is 7.99. The van der Waals surface area contributed by atoms with E-state index in [2.05, 4.69) is 55.6 Å². The van der Waals surface area contributed by atoms with Gasteiger partial charge in [-0.1, -0.05) is 30.0 Å². The number of thioether (sulfide) groups is 1. The van der Waals surface area contributed by atoms with Crippen LogP contribution in [0.25, 0.3) is 11.6 Å². The smallest absolute Gasteiger partial charge is 0.230 e. The number of nitrogens with one attached hydrogen (secondary N) is 1. The average Bonchev–Trinajstić information content (AvgIpc) is 3.51. The van der Waals surface area contributed by atoms with Gasteiger partial charge in [0.1, 0.15) is 0 Å². The Morgan fingerprint density at radius 3 is 2.62 bits per heavy atom. The fourth-order valence-electron chi connectivity index (χ4n) is 3.85. The Kier molecular flexibility index (Phi) is 7.84. The molecule has 3 heterocycles. The maximum absolute atomic E-state index is 12.3. The monoisotopic (exact) mass is 454 g/mol. The first-order valence-corrected chi connectivity index (χ1v) is 12.1. The normalized spacial score (nSPS) is 14.6. The zero-order chi connectivity index (χ0) is 22.2. The first-order valence-electron chi connectivity index (χ1n) is 11.1. The molecule has 1 saturated heterocycles. The van der Waals surface area contributed by atoms with E-state index in [1.54, 1.807) is 6.26 Å². The van der Waals surface area contributed by atoms with Crippen LogP contribution in [-0.2, 0) is 11.3 Å². The summed E-state index contributed by atoms with van der Waals surface area (Å²) in [5.74, 6) is 1.72. The molecular weight excluding hydrogens is 424 g/mol. The lowest BCUT2D eigenvalue weighted by Gasteiger charge is -2.36. The van der Waals surface area contributed by atoms with Gasteiger partial charge in [0, 0.05) is 45.0 Å². The zero-order valence-corrected chi connectivity index (χ0v) is 19.3. The lowest BCUT2D eigenvalue weighted by atomic mass is 10.2. The van der Waals surface area contributed by atoms with Crippen molar-refractivity contribution in [3.05, 3.63) is 48.7 Å². The Hall–Kier alpha value is -2.78. The van der Waals surface area contributed by atoms with Gasteiger partial charge in [-0.2, -0.15) is 0 Å². The number of furan rings is 1. The number of nitrogens with zero attached hydrogens (tertiary/aromatic N) is 5. The maximum Gasteiger partial charge on any atom is 0.230 e. The minimum Gasteiger partial charge on any atom is -0.461 e. The zero-order valence-electron chi connectivity index (χ0n) is 18.4. The van der Waals surface area contributed by atoms with Crippen molar-refractivity contribution in [2.75, 3.05) is 49.9 Å². The molecule has 0 unspecified atom stereocenters. The van der Waals surface area contributed by atoms with Crippen molar-refractivity contribution in [3.8, 4) is 11.6 Å². The molecule has 0 atom stereocenters. The molecule has 4 rings (SSSR count). The molecular formula is C23H30N6O2S. The quantitative estimate of drug-likeness (QED) is 0.373. The van der Waals surface area contributed by atoms with E-state index in [0.29, 0.717) is 30.4 Å². The fourth-order valence-corrected chi connectivity index (χ4v) is 4.68. The molecule has 1 amide bonds. The topological polar surface area (TPSA) is 79.4 Å². The van der Waals surface area contributed by atoms with E-state index in [1.165, 1.54) is 17.4 Å². The summed E-state index contributed by atoms with van der Waals surface area (Å²) in [6.07, 6.45) is 2.57. The summed E-state index contributed by atoms with van der Waals surface area (Å²) < 4.78 is 7.39. The number of anilines is 1. The molecule has 1 aliphatic rings. The van der Waals surface area contributed by atoms with Gasteiger partial charge in [-0.05, 0) is 44.2 Å². The Morgan fingerprint density at radius 1 is 1.09 bits per heavy atom. The van der Waals surface area contributed by atoms with Crippen LogP contribution in [0.2, 0.25) is 0 Å². The molecule has 1 aromatic carbocycles.